The van der Waals surface area contributed by atoms with Gasteiger partial charge in [-0.2, -0.15) is 0 Å². The molecule has 0 radical (unpaired) electrons. The lowest BCUT2D eigenvalue weighted by molar-refractivity contribution is 0.210. The van der Waals surface area contributed by atoms with Gasteiger partial charge in [-0.1, -0.05) is 23.7 Å². The van der Waals surface area contributed by atoms with Gasteiger partial charge in [0.15, 0.2) is 0 Å². The van der Waals surface area contributed by atoms with Crippen LogP contribution in [-0.2, 0) is 6.54 Å². The summed E-state index contributed by atoms with van der Waals surface area (Å²) in [7, 11) is 1.67. The van der Waals surface area contributed by atoms with Gasteiger partial charge in [-0.25, -0.2) is 0 Å². The van der Waals surface area contributed by atoms with Gasteiger partial charge < -0.3 is 14.8 Å². The Bertz CT molecular complexity index is 598. The minimum Gasteiger partial charge on any atom is -0.497 e. The van der Waals surface area contributed by atoms with E-state index in [9.17, 15) is 0 Å². The standard InChI is InChI=1S/C16H16ClNO2/c1-19-14-6-7-15-12(8-14)9-18-10-16(20-15)11-2-4-13(17)5-3-11/h2-8,16,18H,9-10H2,1H3. The van der Waals surface area contributed by atoms with Gasteiger partial charge in [0.05, 0.1) is 7.11 Å². The van der Waals surface area contributed by atoms with Crippen LogP contribution in [0.25, 0.3) is 0 Å². The van der Waals surface area contributed by atoms with E-state index in [1.807, 2.05) is 42.5 Å². The van der Waals surface area contributed by atoms with Crippen LogP contribution in [0.3, 0.4) is 0 Å². The topological polar surface area (TPSA) is 30.5 Å². The lowest BCUT2D eigenvalue weighted by Gasteiger charge is -2.18. The summed E-state index contributed by atoms with van der Waals surface area (Å²) in [6.45, 7) is 1.54. The van der Waals surface area contributed by atoms with Crippen molar-refractivity contribution in [1.29, 1.82) is 0 Å². The molecule has 0 amide bonds. The Balaban J connectivity index is 1.87. The van der Waals surface area contributed by atoms with Crippen molar-refractivity contribution in [3.05, 3.63) is 58.6 Å². The summed E-state index contributed by atoms with van der Waals surface area (Å²) in [5.41, 5.74) is 2.23. The molecule has 3 nitrogen and oxygen atoms in total. The second kappa shape index (κ2) is 5.73. The third-order valence-corrected chi connectivity index (χ3v) is 3.68. The van der Waals surface area contributed by atoms with Crippen molar-refractivity contribution in [2.24, 2.45) is 0 Å². The Morgan fingerprint density at radius 3 is 2.75 bits per heavy atom. The van der Waals surface area contributed by atoms with E-state index in [0.717, 1.165) is 40.7 Å². The number of benzene rings is 2. The Kier molecular flexibility index (Phi) is 3.81. The zero-order valence-electron chi connectivity index (χ0n) is 11.2. The molecule has 3 rings (SSSR count). The van der Waals surface area contributed by atoms with E-state index in [0.29, 0.717) is 0 Å². The smallest absolute Gasteiger partial charge is 0.136 e. The van der Waals surface area contributed by atoms with Crippen molar-refractivity contribution in [1.82, 2.24) is 5.32 Å². The fraction of sp³-hybridized carbons (Fsp3) is 0.250. The Labute approximate surface area is 123 Å². The number of methoxy groups -OCH3 is 1. The average molecular weight is 290 g/mol. The van der Waals surface area contributed by atoms with Crippen molar-refractivity contribution >= 4 is 11.6 Å². The molecule has 1 N–H and O–H groups in total. The molecule has 2 aromatic rings. The fourth-order valence-corrected chi connectivity index (χ4v) is 2.46. The van der Waals surface area contributed by atoms with Crippen LogP contribution in [0.1, 0.15) is 17.2 Å². The van der Waals surface area contributed by atoms with Gasteiger partial charge in [-0.3, -0.25) is 0 Å². The van der Waals surface area contributed by atoms with Crippen LogP contribution in [0.4, 0.5) is 0 Å². The lowest BCUT2D eigenvalue weighted by atomic mass is 10.1. The first-order valence-electron chi connectivity index (χ1n) is 6.56. The van der Waals surface area contributed by atoms with Crippen molar-refractivity contribution in [2.45, 2.75) is 12.6 Å². The molecule has 1 heterocycles. The predicted molar refractivity (Wildman–Crippen MR) is 79.5 cm³/mol. The van der Waals surface area contributed by atoms with Crippen LogP contribution < -0.4 is 14.8 Å². The minimum atomic E-state index is -0.0121. The van der Waals surface area contributed by atoms with E-state index in [1.54, 1.807) is 7.11 Å². The Hall–Kier alpha value is -1.71. The van der Waals surface area contributed by atoms with Crippen LogP contribution in [0, 0.1) is 0 Å². The Morgan fingerprint density at radius 2 is 2.00 bits per heavy atom. The molecular weight excluding hydrogens is 274 g/mol. The maximum absolute atomic E-state index is 6.12. The molecule has 1 atom stereocenters. The van der Waals surface area contributed by atoms with E-state index in [-0.39, 0.29) is 6.10 Å². The summed E-state index contributed by atoms with van der Waals surface area (Å²) in [6.07, 6.45) is -0.0121. The molecule has 0 aliphatic carbocycles. The lowest BCUT2D eigenvalue weighted by Crippen LogP contribution is -2.21. The molecule has 0 saturated carbocycles. The van der Waals surface area contributed by atoms with E-state index in [1.165, 1.54) is 0 Å². The average Bonchev–Trinajstić information content (AvgIpc) is 2.69. The van der Waals surface area contributed by atoms with Gasteiger partial charge in [-0.15, -0.1) is 0 Å². The number of halogens is 1. The van der Waals surface area contributed by atoms with E-state index >= 15 is 0 Å². The second-order valence-electron chi connectivity index (χ2n) is 4.76. The summed E-state index contributed by atoms with van der Waals surface area (Å²) in [5.74, 6) is 1.75. The zero-order valence-corrected chi connectivity index (χ0v) is 12.0. The molecule has 1 aliphatic heterocycles. The SMILES string of the molecule is COc1ccc2c(c1)CNCC(c1ccc(Cl)cc1)O2. The number of fused-ring (bicyclic) bond motifs is 1. The summed E-state index contributed by atoms with van der Waals surface area (Å²) in [4.78, 5) is 0. The summed E-state index contributed by atoms with van der Waals surface area (Å²) >= 11 is 5.93. The molecule has 0 fully saturated rings. The third-order valence-electron chi connectivity index (χ3n) is 3.42. The molecule has 20 heavy (non-hydrogen) atoms. The summed E-state index contributed by atoms with van der Waals surface area (Å²) in [5, 5.41) is 4.14. The first-order valence-corrected chi connectivity index (χ1v) is 6.94. The molecular formula is C16H16ClNO2. The highest BCUT2D eigenvalue weighted by Crippen LogP contribution is 2.31. The van der Waals surface area contributed by atoms with Crippen LogP contribution in [0.5, 0.6) is 11.5 Å². The number of ether oxygens (including phenoxy) is 2. The highest BCUT2D eigenvalue weighted by atomic mass is 35.5. The molecule has 2 aromatic carbocycles. The van der Waals surface area contributed by atoms with Crippen molar-refractivity contribution in [2.75, 3.05) is 13.7 Å². The molecule has 0 spiro atoms. The van der Waals surface area contributed by atoms with Gasteiger partial charge in [0, 0.05) is 23.7 Å². The molecule has 4 heteroatoms. The van der Waals surface area contributed by atoms with Crippen LogP contribution in [0.2, 0.25) is 5.02 Å². The van der Waals surface area contributed by atoms with Crippen LogP contribution >= 0.6 is 11.6 Å². The molecule has 0 aromatic heterocycles. The Morgan fingerprint density at radius 1 is 1.20 bits per heavy atom. The quantitative estimate of drug-likeness (QED) is 0.917. The molecule has 0 saturated heterocycles. The molecule has 104 valence electrons. The van der Waals surface area contributed by atoms with Gasteiger partial charge in [0.2, 0.25) is 0 Å². The largest absolute Gasteiger partial charge is 0.497 e. The van der Waals surface area contributed by atoms with Gasteiger partial charge in [0.25, 0.3) is 0 Å². The fourth-order valence-electron chi connectivity index (χ4n) is 2.33. The normalized spacial score (nSPS) is 17.8. The minimum absolute atomic E-state index is 0.0121. The van der Waals surface area contributed by atoms with Crippen LogP contribution in [-0.4, -0.2) is 13.7 Å². The van der Waals surface area contributed by atoms with Crippen molar-refractivity contribution < 1.29 is 9.47 Å². The van der Waals surface area contributed by atoms with E-state index in [4.69, 9.17) is 21.1 Å². The summed E-state index contributed by atoms with van der Waals surface area (Å²) in [6, 6.07) is 13.7. The van der Waals surface area contributed by atoms with Gasteiger partial charge in [-0.05, 0) is 35.9 Å². The highest BCUT2D eigenvalue weighted by Gasteiger charge is 2.19. The predicted octanol–water partition coefficient (Wildman–Crippen LogP) is 3.57. The van der Waals surface area contributed by atoms with Gasteiger partial charge in [0.1, 0.15) is 17.6 Å². The first-order chi connectivity index (χ1) is 9.76. The third kappa shape index (κ3) is 2.74. The summed E-state index contributed by atoms with van der Waals surface area (Å²) < 4.78 is 11.4. The van der Waals surface area contributed by atoms with Crippen molar-refractivity contribution in [3.8, 4) is 11.5 Å². The number of hydrogen-bond acceptors (Lipinski definition) is 3. The first kappa shape index (κ1) is 13.3. The van der Waals surface area contributed by atoms with Crippen molar-refractivity contribution in [3.63, 3.8) is 0 Å². The van der Waals surface area contributed by atoms with Crippen LogP contribution in [0.15, 0.2) is 42.5 Å². The second-order valence-corrected chi connectivity index (χ2v) is 5.20. The number of hydrogen-bond donors (Lipinski definition) is 1. The number of nitrogens with one attached hydrogen (secondary N) is 1. The zero-order chi connectivity index (χ0) is 13.9. The van der Waals surface area contributed by atoms with E-state index < -0.39 is 0 Å². The molecule has 0 bridgehead atoms. The number of rotatable bonds is 2. The monoisotopic (exact) mass is 289 g/mol. The molecule has 1 unspecified atom stereocenters. The highest BCUT2D eigenvalue weighted by molar-refractivity contribution is 6.30. The maximum atomic E-state index is 6.12. The molecule has 1 aliphatic rings. The maximum Gasteiger partial charge on any atom is 0.136 e. The van der Waals surface area contributed by atoms with Gasteiger partial charge >= 0.3 is 0 Å². The van der Waals surface area contributed by atoms with E-state index in [2.05, 4.69) is 5.32 Å².